The van der Waals surface area contributed by atoms with Crippen LogP contribution < -0.4 is 0 Å². The average Bonchev–Trinajstić information content (AvgIpc) is 2.48. The van der Waals surface area contributed by atoms with Crippen LogP contribution in [0.15, 0.2) is 60.7 Å². The van der Waals surface area contributed by atoms with E-state index < -0.39 is 0 Å². The van der Waals surface area contributed by atoms with E-state index in [9.17, 15) is 0 Å². The van der Waals surface area contributed by atoms with E-state index in [0.717, 1.165) is 17.0 Å². The zero-order valence-corrected chi connectivity index (χ0v) is 13.3. The maximum Gasteiger partial charge on any atom is 0.0631 e. The van der Waals surface area contributed by atoms with Crippen molar-refractivity contribution >= 4 is 34.0 Å². The summed E-state index contributed by atoms with van der Waals surface area (Å²) in [6.45, 7) is 2.13. The lowest BCUT2D eigenvalue weighted by Crippen LogP contribution is -1.98. The van der Waals surface area contributed by atoms with E-state index in [2.05, 4.69) is 49.4 Å². The van der Waals surface area contributed by atoms with Gasteiger partial charge in [0, 0.05) is 5.02 Å². The predicted molar refractivity (Wildman–Crippen MR) is 92.4 cm³/mol. The molecule has 0 fully saturated rings. The van der Waals surface area contributed by atoms with E-state index in [1.807, 2.05) is 18.2 Å². The first kappa shape index (κ1) is 14.4. The zero-order valence-electron chi connectivity index (χ0n) is 11.8. The molecule has 0 amide bonds. The summed E-state index contributed by atoms with van der Waals surface area (Å²) in [6.07, 6.45) is 0.773. The number of hydrogen-bond acceptors (Lipinski definition) is 0. The molecule has 0 aliphatic carbocycles. The minimum absolute atomic E-state index is 0.0611. The molecular weight excluding hydrogens is 299 g/mol. The summed E-state index contributed by atoms with van der Waals surface area (Å²) in [5.74, 6) is 0. The Bertz CT molecular complexity index is 777. The monoisotopic (exact) mass is 314 g/mol. The highest BCUT2D eigenvalue weighted by Crippen LogP contribution is 2.33. The normalized spacial score (nSPS) is 12.5. The number of rotatable bonds is 3. The molecular formula is C19H16Cl2. The summed E-state index contributed by atoms with van der Waals surface area (Å²) < 4.78 is 0. The van der Waals surface area contributed by atoms with Gasteiger partial charge in [0.1, 0.15) is 0 Å². The molecule has 0 radical (unpaired) electrons. The van der Waals surface area contributed by atoms with Crippen molar-refractivity contribution in [2.75, 3.05) is 0 Å². The van der Waals surface area contributed by atoms with Crippen LogP contribution in [0, 0.1) is 6.92 Å². The summed E-state index contributed by atoms with van der Waals surface area (Å²) in [7, 11) is 0. The highest BCUT2D eigenvalue weighted by molar-refractivity contribution is 6.30. The number of halogens is 2. The molecule has 0 aromatic heterocycles. The van der Waals surface area contributed by atoms with E-state index in [1.165, 1.54) is 21.9 Å². The number of benzene rings is 3. The molecule has 0 N–H and O–H groups in total. The van der Waals surface area contributed by atoms with Gasteiger partial charge in [-0.05, 0) is 52.9 Å². The van der Waals surface area contributed by atoms with Crippen LogP contribution in [-0.4, -0.2) is 0 Å². The highest BCUT2D eigenvalue weighted by atomic mass is 35.5. The molecule has 21 heavy (non-hydrogen) atoms. The number of fused-ring (bicyclic) bond motifs is 1. The van der Waals surface area contributed by atoms with Gasteiger partial charge in [0.15, 0.2) is 0 Å². The summed E-state index contributed by atoms with van der Waals surface area (Å²) in [5, 5.41) is 3.20. The van der Waals surface area contributed by atoms with Gasteiger partial charge < -0.3 is 0 Å². The van der Waals surface area contributed by atoms with Gasteiger partial charge in [0.25, 0.3) is 0 Å². The van der Waals surface area contributed by atoms with Crippen LogP contribution in [0.3, 0.4) is 0 Å². The summed E-state index contributed by atoms with van der Waals surface area (Å²) in [6, 6.07) is 20.6. The third-order valence-electron chi connectivity index (χ3n) is 3.82. The Morgan fingerprint density at radius 3 is 2.43 bits per heavy atom. The number of alkyl halides is 1. The van der Waals surface area contributed by atoms with Gasteiger partial charge in [-0.25, -0.2) is 0 Å². The van der Waals surface area contributed by atoms with Gasteiger partial charge in [-0.3, -0.25) is 0 Å². The molecule has 1 atom stereocenters. The van der Waals surface area contributed by atoms with Crippen molar-refractivity contribution in [1.29, 1.82) is 0 Å². The van der Waals surface area contributed by atoms with E-state index in [-0.39, 0.29) is 5.38 Å². The molecule has 3 aromatic carbocycles. The van der Waals surface area contributed by atoms with Crippen LogP contribution in [-0.2, 0) is 6.42 Å². The van der Waals surface area contributed by atoms with Crippen molar-refractivity contribution in [2.45, 2.75) is 18.7 Å². The minimum Gasteiger partial charge on any atom is -0.117 e. The molecule has 3 rings (SSSR count). The van der Waals surface area contributed by atoms with Gasteiger partial charge in [-0.15, -0.1) is 11.6 Å². The Hall–Kier alpha value is -1.50. The van der Waals surface area contributed by atoms with Crippen molar-refractivity contribution in [2.24, 2.45) is 0 Å². The van der Waals surface area contributed by atoms with E-state index >= 15 is 0 Å². The van der Waals surface area contributed by atoms with Crippen LogP contribution in [0.4, 0.5) is 0 Å². The first-order chi connectivity index (χ1) is 10.1. The molecule has 0 aliphatic heterocycles. The Kier molecular flexibility index (Phi) is 4.19. The Labute approximate surface area is 135 Å². The fourth-order valence-corrected chi connectivity index (χ4v) is 3.31. The molecule has 2 heteroatoms. The molecule has 106 valence electrons. The van der Waals surface area contributed by atoms with E-state index in [1.54, 1.807) is 0 Å². The van der Waals surface area contributed by atoms with Gasteiger partial charge in [-0.2, -0.15) is 0 Å². The summed E-state index contributed by atoms with van der Waals surface area (Å²) in [4.78, 5) is 0. The zero-order chi connectivity index (χ0) is 14.8. The van der Waals surface area contributed by atoms with Crippen molar-refractivity contribution in [3.63, 3.8) is 0 Å². The van der Waals surface area contributed by atoms with Crippen LogP contribution in [0.5, 0.6) is 0 Å². The predicted octanol–water partition coefficient (Wildman–Crippen LogP) is 6.32. The van der Waals surface area contributed by atoms with Crippen molar-refractivity contribution in [3.8, 4) is 0 Å². The highest BCUT2D eigenvalue weighted by Gasteiger charge is 2.13. The summed E-state index contributed by atoms with van der Waals surface area (Å²) >= 11 is 12.7. The summed E-state index contributed by atoms with van der Waals surface area (Å²) in [5.41, 5.74) is 3.62. The van der Waals surface area contributed by atoms with Crippen LogP contribution in [0.25, 0.3) is 10.8 Å². The topological polar surface area (TPSA) is 0 Å². The molecule has 0 nitrogen and oxygen atoms in total. The fourth-order valence-electron chi connectivity index (χ4n) is 2.73. The molecule has 3 aromatic rings. The third kappa shape index (κ3) is 3.07. The lowest BCUT2D eigenvalue weighted by atomic mass is 9.95. The van der Waals surface area contributed by atoms with Crippen LogP contribution in [0.2, 0.25) is 5.02 Å². The van der Waals surface area contributed by atoms with Crippen molar-refractivity contribution in [1.82, 2.24) is 0 Å². The molecule has 0 heterocycles. The minimum atomic E-state index is -0.0611. The molecule has 0 spiro atoms. The van der Waals surface area contributed by atoms with E-state index in [4.69, 9.17) is 23.2 Å². The maximum absolute atomic E-state index is 6.68. The number of aryl methyl sites for hydroxylation is 1. The second-order valence-corrected chi connectivity index (χ2v) is 6.28. The molecule has 0 saturated carbocycles. The van der Waals surface area contributed by atoms with Crippen LogP contribution in [0.1, 0.15) is 22.1 Å². The lowest BCUT2D eigenvalue weighted by molar-refractivity contribution is 0.928. The average molecular weight is 315 g/mol. The first-order valence-electron chi connectivity index (χ1n) is 7.02. The van der Waals surface area contributed by atoms with Crippen LogP contribution >= 0.6 is 23.2 Å². The third-order valence-corrected chi connectivity index (χ3v) is 4.44. The van der Waals surface area contributed by atoms with Crippen molar-refractivity contribution in [3.05, 3.63) is 82.4 Å². The molecule has 0 aliphatic rings. The van der Waals surface area contributed by atoms with Gasteiger partial charge in [0.2, 0.25) is 0 Å². The second-order valence-electron chi connectivity index (χ2n) is 5.32. The molecule has 1 unspecified atom stereocenters. The molecule has 0 bridgehead atoms. The SMILES string of the molecule is Cc1ccc(C(Cl)Cc2cccc(Cl)c2)c2ccccc12. The number of hydrogen-bond donors (Lipinski definition) is 0. The lowest BCUT2D eigenvalue weighted by Gasteiger charge is -2.14. The van der Waals surface area contributed by atoms with Crippen molar-refractivity contribution < 1.29 is 0 Å². The van der Waals surface area contributed by atoms with Gasteiger partial charge in [-0.1, -0.05) is 60.1 Å². The Morgan fingerprint density at radius 1 is 0.905 bits per heavy atom. The van der Waals surface area contributed by atoms with Gasteiger partial charge in [0.05, 0.1) is 5.38 Å². The smallest absolute Gasteiger partial charge is 0.0631 e. The Balaban J connectivity index is 1.98. The second kappa shape index (κ2) is 6.09. The maximum atomic E-state index is 6.68. The van der Waals surface area contributed by atoms with Gasteiger partial charge >= 0.3 is 0 Å². The Morgan fingerprint density at radius 2 is 1.67 bits per heavy atom. The largest absolute Gasteiger partial charge is 0.117 e. The van der Waals surface area contributed by atoms with E-state index in [0.29, 0.717) is 0 Å². The first-order valence-corrected chi connectivity index (χ1v) is 7.83. The standard InChI is InChI=1S/C19H16Cl2/c1-13-9-10-18(17-8-3-2-7-16(13)17)19(21)12-14-5-4-6-15(20)11-14/h2-11,19H,12H2,1H3. The quantitative estimate of drug-likeness (QED) is 0.496. The molecule has 0 saturated heterocycles. The fraction of sp³-hybridized carbons (Fsp3) is 0.158.